The first-order valence-corrected chi connectivity index (χ1v) is 7.51. The summed E-state index contributed by atoms with van der Waals surface area (Å²) in [6, 6.07) is 5.82. The lowest BCUT2D eigenvalue weighted by molar-refractivity contribution is -0.124. The van der Waals surface area contributed by atoms with Crippen molar-refractivity contribution in [3.8, 4) is 5.75 Å². The summed E-state index contributed by atoms with van der Waals surface area (Å²) in [6.07, 6.45) is -0.0420. The zero-order valence-corrected chi connectivity index (χ0v) is 14.1. The lowest BCUT2D eigenvalue weighted by atomic mass is 10.1. The van der Waals surface area contributed by atoms with E-state index in [1.54, 1.807) is 0 Å². The highest BCUT2D eigenvalue weighted by molar-refractivity contribution is 9.10. The van der Waals surface area contributed by atoms with E-state index in [0.29, 0.717) is 12.2 Å². The predicted molar refractivity (Wildman–Crippen MR) is 84.6 cm³/mol. The van der Waals surface area contributed by atoms with E-state index in [4.69, 9.17) is 10.5 Å². The molecule has 0 fully saturated rings. The van der Waals surface area contributed by atoms with Gasteiger partial charge in [0.2, 0.25) is 0 Å². The molecular formula is C15H23BrN2O2. The largest absolute Gasteiger partial charge is 0.479 e. The second-order valence-corrected chi connectivity index (χ2v) is 6.64. The van der Waals surface area contributed by atoms with Crippen molar-refractivity contribution >= 4 is 21.8 Å². The van der Waals surface area contributed by atoms with Crippen molar-refractivity contribution in [2.45, 2.75) is 52.3 Å². The van der Waals surface area contributed by atoms with Gasteiger partial charge in [0.15, 0.2) is 6.10 Å². The molecule has 0 saturated carbocycles. The first-order chi connectivity index (χ1) is 9.23. The Balaban J connectivity index is 2.75. The highest BCUT2D eigenvalue weighted by Crippen LogP contribution is 2.27. The van der Waals surface area contributed by atoms with Gasteiger partial charge < -0.3 is 15.8 Å². The minimum atomic E-state index is -0.593. The van der Waals surface area contributed by atoms with Crippen LogP contribution in [0.2, 0.25) is 0 Å². The molecule has 0 heterocycles. The van der Waals surface area contributed by atoms with Gasteiger partial charge >= 0.3 is 0 Å². The number of ether oxygens (including phenoxy) is 1. The molecule has 5 heteroatoms. The summed E-state index contributed by atoms with van der Waals surface area (Å²) >= 11 is 3.47. The van der Waals surface area contributed by atoms with E-state index in [-0.39, 0.29) is 5.54 Å². The number of nitrogens with two attached hydrogens (primary N) is 1. The number of carbonyl (C=O) groups excluding carboxylic acids is 1. The molecule has 0 saturated heterocycles. The molecule has 3 N–H and O–H groups in total. The van der Waals surface area contributed by atoms with E-state index >= 15 is 0 Å². The van der Waals surface area contributed by atoms with E-state index < -0.39 is 12.0 Å². The highest BCUT2D eigenvalue weighted by atomic mass is 79.9. The normalized spacial score (nSPS) is 13.1. The lowest BCUT2D eigenvalue weighted by Gasteiger charge is -2.21. The standard InChI is InChI=1S/C15H23BrN2O2/c1-5-12(14(17)19)20-13-7-6-10(8-11(13)16)9-18-15(2,3)4/h6-8,12,18H,5,9H2,1-4H3,(H2,17,19). The fourth-order valence-corrected chi connectivity index (χ4v) is 2.13. The van der Waals surface area contributed by atoms with Crippen LogP contribution in [0.5, 0.6) is 5.75 Å². The number of carbonyl (C=O) groups is 1. The number of hydrogen-bond acceptors (Lipinski definition) is 3. The minimum Gasteiger partial charge on any atom is -0.479 e. The van der Waals surface area contributed by atoms with Gasteiger partial charge in [0.1, 0.15) is 5.75 Å². The molecule has 0 aliphatic rings. The van der Waals surface area contributed by atoms with E-state index in [1.165, 1.54) is 0 Å². The van der Waals surface area contributed by atoms with Crippen molar-refractivity contribution in [2.24, 2.45) is 5.73 Å². The van der Waals surface area contributed by atoms with E-state index in [0.717, 1.165) is 16.6 Å². The van der Waals surface area contributed by atoms with Crippen LogP contribution in [-0.2, 0) is 11.3 Å². The Morgan fingerprint density at radius 2 is 2.10 bits per heavy atom. The van der Waals surface area contributed by atoms with E-state index in [9.17, 15) is 4.79 Å². The smallest absolute Gasteiger partial charge is 0.258 e. The van der Waals surface area contributed by atoms with Crippen LogP contribution in [-0.4, -0.2) is 17.6 Å². The summed E-state index contributed by atoms with van der Waals surface area (Å²) in [5.41, 5.74) is 6.50. The molecule has 0 aliphatic carbocycles. The van der Waals surface area contributed by atoms with Crippen molar-refractivity contribution in [2.75, 3.05) is 0 Å². The fraction of sp³-hybridized carbons (Fsp3) is 0.533. The Kier molecular flexibility index (Phi) is 6.02. The number of hydrogen-bond donors (Lipinski definition) is 2. The second-order valence-electron chi connectivity index (χ2n) is 5.79. The van der Waals surface area contributed by atoms with Crippen molar-refractivity contribution in [3.05, 3.63) is 28.2 Å². The van der Waals surface area contributed by atoms with Gasteiger partial charge in [0.25, 0.3) is 5.91 Å². The summed E-state index contributed by atoms with van der Waals surface area (Å²) in [5, 5.41) is 3.42. The molecule has 0 aliphatic heterocycles. The van der Waals surface area contributed by atoms with Crippen molar-refractivity contribution in [3.63, 3.8) is 0 Å². The van der Waals surface area contributed by atoms with E-state index in [2.05, 4.69) is 42.0 Å². The first kappa shape index (κ1) is 17.0. The monoisotopic (exact) mass is 342 g/mol. The summed E-state index contributed by atoms with van der Waals surface area (Å²) < 4.78 is 6.44. The molecule has 4 nitrogen and oxygen atoms in total. The molecule has 20 heavy (non-hydrogen) atoms. The molecule has 1 amide bonds. The molecule has 1 rings (SSSR count). The number of benzene rings is 1. The van der Waals surface area contributed by atoms with Crippen molar-refractivity contribution in [1.29, 1.82) is 0 Å². The Morgan fingerprint density at radius 1 is 1.45 bits per heavy atom. The number of primary amides is 1. The zero-order valence-electron chi connectivity index (χ0n) is 12.5. The van der Waals surface area contributed by atoms with Crippen LogP contribution in [0.25, 0.3) is 0 Å². The first-order valence-electron chi connectivity index (χ1n) is 6.72. The molecule has 112 valence electrons. The zero-order chi connectivity index (χ0) is 15.3. The third-order valence-corrected chi connectivity index (χ3v) is 3.40. The van der Waals surface area contributed by atoms with Crippen LogP contribution in [0.3, 0.4) is 0 Å². The second kappa shape index (κ2) is 7.09. The fourth-order valence-electron chi connectivity index (χ4n) is 1.61. The Labute approximate surface area is 129 Å². The lowest BCUT2D eigenvalue weighted by Crippen LogP contribution is -2.35. The van der Waals surface area contributed by atoms with Crippen molar-refractivity contribution < 1.29 is 9.53 Å². The van der Waals surface area contributed by atoms with Crippen LogP contribution >= 0.6 is 15.9 Å². The van der Waals surface area contributed by atoms with Gasteiger partial charge in [0, 0.05) is 12.1 Å². The average Bonchev–Trinajstić information content (AvgIpc) is 2.34. The Morgan fingerprint density at radius 3 is 2.55 bits per heavy atom. The molecule has 1 unspecified atom stereocenters. The highest BCUT2D eigenvalue weighted by Gasteiger charge is 2.16. The Bertz CT molecular complexity index is 469. The summed E-state index contributed by atoms with van der Waals surface area (Å²) in [4.78, 5) is 11.2. The summed E-state index contributed by atoms with van der Waals surface area (Å²) in [5.74, 6) is 0.188. The van der Waals surface area contributed by atoms with Gasteiger partial charge in [-0.3, -0.25) is 4.79 Å². The van der Waals surface area contributed by atoms with Gasteiger partial charge in [-0.2, -0.15) is 0 Å². The maximum absolute atomic E-state index is 11.2. The molecule has 0 radical (unpaired) electrons. The minimum absolute atomic E-state index is 0.0704. The number of amides is 1. The van der Waals surface area contributed by atoms with Gasteiger partial charge in [-0.1, -0.05) is 13.0 Å². The van der Waals surface area contributed by atoms with E-state index in [1.807, 2.05) is 25.1 Å². The number of nitrogens with one attached hydrogen (secondary N) is 1. The molecule has 0 aromatic heterocycles. The van der Waals surface area contributed by atoms with Gasteiger partial charge in [-0.05, 0) is 60.8 Å². The van der Waals surface area contributed by atoms with Gasteiger partial charge in [-0.15, -0.1) is 0 Å². The Hall–Kier alpha value is -1.07. The summed E-state index contributed by atoms with van der Waals surface area (Å²) in [7, 11) is 0. The maximum Gasteiger partial charge on any atom is 0.258 e. The van der Waals surface area contributed by atoms with Crippen LogP contribution in [0.4, 0.5) is 0 Å². The predicted octanol–water partition coefficient (Wildman–Crippen LogP) is 2.98. The van der Waals surface area contributed by atoms with Crippen LogP contribution in [0.15, 0.2) is 22.7 Å². The summed E-state index contributed by atoms with van der Waals surface area (Å²) in [6.45, 7) is 9.01. The number of halogens is 1. The SMILES string of the molecule is CCC(Oc1ccc(CNC(C)(C)C)cc1Br)C(N)=O. The van der Waals surface area contributed by atoms with Crippen LogP contribution in [0.1, 0.15) is 39.7 Å². The number of rotatable bonds is 6. The molecule has 0 spiro atoms. The van der Waals surface area contributed by atoms with Crippen LogP contribution < -0.4 is 15.8 Å². The molecular weight excluding hydrogens is 320 g/mol. The average molecular weight is 343 g/mol. The maximum atomic E-state index is 11.2. The quantitative estimate of drug-likeness (QED) is 0.835. The molecule has 1 aromatic rings. The molecule has 0 bridgehead atoms. The third kappa shape index (κ3) is 5.51. The van der Waals surface area contributed by atoms with Gasteiger partial charge in [0.05, 0.1) is 4.47 Å². The third-order valence-electron chi connectivity index (χ3n) is 2.78. The topological polar surface area (TPSA) is 64.3 Å². The van der Waals surface area contributed by atoms with Crippen LogP contribution in [0, 0.1) is 0 Å². The van der Waals surface area contributed by atoms with Gasteiger partial charge in [-0.25, -0.2) is 0 Å². The molecule has 1 atom stereocenters. The van der Waals surface area contributed by atoms with Crippen molar-refractivity contribution in [1.82, 2.24) is 5.32 Å². The molecule has 1 aromatic carbocycles.